The summed E-state index contributed by atoms with van der Waals surface area (Å²) in [5.41, 5.74) is 0.709. The van der Waals surface area contributed by atoms with E-state index in [1.165, 1.54) is 11.1 Å². The summed E-state index contributed by atoms with van der Waals surface area (Å²) in [5.74, 6) is -1.27. The summed E-state index contributed by atoms with van der Waals surface area (Å²) in [5, 5.41) is 1.54. The van der Waals surface area contributed by atoms with Crippen LogP contribution in [-0.4, -0.2) is 36.7 Å². The number of hydrogen-bond donors (Lipinski definition) is 0. The van der Waals surface area contributed by atoms with Gasteiger partial charge in [0, 0.05) is 25.2 Å². The lowest BCUT2D eigenvalue weighted by Crippen LogP contribution is -2.34. The first-order valence-corrected chi connectivity index (χ1v) is 7.66. The largest absolute Gasteiger partial charge is 0.463 e. The van der Waals surface area contributed by atoms with Gasteiger partial charge in [0.1, 0.15) is 5.82 Å². The van der Waals surface area contributed by atoms with Crippen LogP contribution in [0.4, 0.5) is 4.39 Å². The first-order valence-electron chi connectivity index (χ1n) is 7.66. The number of carbonyl (C=O) groups excluding carboxylic acids is 2. The van der Waals surface area contributed by atoms with Crippen molar-refractivity contribution < 1.29 is 23.6 Å². The molecule has 2 rings (SSSR count). The van der Waals surface area contributed by atoms with E-state index in [-0.39, 0.29) is 18.3 Å². The van der Waals surface area contributed by atoms with Gasteiger partial charge in [0.25, 0.3) is 0 Å². The molecular formula is C17H20FNO4. The predicted octanol–water partition coefficient (Wildman–Crippen LogP) is 2.58. The van der Waals surface area contributed by atoms with E-state index >= 15 is 0 Å². The maximum absolute atomic E-state index is 13.8. The molecule has 0 radical (unpaired) electrons. The standard InChI is InChI=1S/C17H20FNO4/c1-2-22-16(20)7-8-17(21)23-19-11-9-13(10-12-19)14-5-3-4-6-15(14)18/h3-8,13H,2,9-12H2,1H3/b8-7+. The van der Waals surface area contributed by atoms with Gasteiger partial charge in [-0.3, -0.25) is 0 Å². The molecule has 1 saturated heterocycles. The van der Waals surface area contributed by atoms with Crippen LogP contribution in [0.5, 0.6) is 0 Å². The second-order valence-corrected chi connectivity index (χ2v) is 5.22. The van der Waals surface area contributed by atoms with Gasteiger partial charge >= 0.3 is 11.9 Å². The number of benzene rings is 1. The van der Waals surface area contributed by atoms with Gasteiger partial charge in [-0.05, 0) is 37.3 Å². The Morgan fingerprint density at radius 1 is 1.22 bits per heavy atom. The van der Waals surface area contributed by atoms with Gasteiger partial charge in [-0.2, -0.15) is 0 Å². The molecule has 0 aromatic heterocycles. The van der Waals surface area contributed by atoms with Gasteiger partial charge in [-0.25, -0.2) is 14.0 Å². The fraction of sp³-hybridized carbons (Fsp3) is 0.412. The van der Waals surface area contributed by atoms with Gasteiger partial charge in [0.05, 0.1) is 6.61 Å². The Hall–Kier alpha value is -2.21. The third-order valence-corrected chi connectivity index (χ3v) is 3.66. The maximum Gasteiger partial charge on any atom is 0.349 e. The number of carbonyl (C=O) groups is 2. The van der Waals surface area contributed by atoms with Crippen LogP contribution in [0.3, 0.4) is 0 Å². The lowest BCUT2D eigenvalue weighted by molar-refractivity contribution is -0.189. The molecular weight excluding hydrogens is 301 g/mol. The fourth-order valence-corrected chi connectivity index (χ4v) is 2.55. The van der Waals surface area contributed by atoms with Gasteiger partial charge in [0.2, 0.25) is 0 Å². The first-order chi connectivity index (χ1) is 11.1. The minimum atomic E-state index is -0.623. The molecule has 1 aliphatic heterocycles. The minimum Gasteiger partial charge on any atom is -0.463 e. The molecule has 1 aliphatic rings. The molecule has 0 aliphatic carbocycles. The average molecular weight is 321 g/mol. The van der Waals surface area contributed by atoms with Crippen LogP contribution in [0.1, 0.15) is 31.2 Å². The van der Waals surface area contributed by atoms with E-state index in [1.54, 1.807) is 19.1 Å². The number of hydroxylamine groups is 2. The van der Waals surface area contributed by atoms with Gasteiger partial charge in [-0.1, -0.05) is 18.2 Å². The minimum absolute atomic E-state index is 0.126. The van der Waals surface area contributed by atoms with E-state index < -0.39 is 11.9 Å². The normalized spacial score (nSPS) is 16.4. The molecule has 1 aromatic rings. The van der Waals surface area contributed by atoms with E-state index in [4.69, 9.17) is 4.84 Å². The maximum atomic E-state index is 13.8. The lowest BCUT2D eigenvalue weighted by Gasteiger charge is -2.30. The summed E-state index contributed by atoms with van der Waals surface area (Å²) >= 11 is 0. The highest BCUT2D eigenvalue weighted by Gasteiger charge is 2.24. The first kappa shape index (κ1) is 17.1. The molecule has 0 spiro atoms. The van der Waals surface area contributed by atoms with Crippen molar-refractivity contribution in [2.45, 2.75) is 25.7 Å². The van der Waals surface area contributed by atoms with Crippen LogP contribution in [0, 0.1) is 5.82 Å². The van der Waals surface area contributed by atoms with E-state index in [0.717, 1.165) is 12.2 Å². The predicted molar refractivity (Wildman–Crippen MR) is 81.8 cm³/mol. The molecule has 0 atom stereocenters. The summed E-state index contributed by atoms with van der Waals surface area (Å²) in [6.45, 7) is 2.99. The highest BCUT2D eigenvalue weighted by Crippen LogP contribution is 2.29. The molecule has 0 amide bonds. The molecule has 6 heteroatoms. The molecule has 23 heavy (non-hydrogen) atoms. The monoisotopic (exact) mass is 321 g/mol. The van der Waals surface area contributed by atoms with Gasteiger partial charge in [-0.15, -0.1) is 5.06 Å². The number of halogens is 1. The van der Waals surface area contributed by atoms with Gasteiger partial charge < -0.3 is 9.57 Å². The SMILES string of the molecule is CCOC(=O)/C=C/C(=O)ON1CCC(c2ccccc2F)CC1. The third-order valence-electron chi connectivity index (χ3n) is 3.66. The smallest absolute Gasteiger partial charge is 0.349 e. The lowest BCUT2D eigenvalue weighted by atomic mass is 9.90. The Balaban J connectivity index is 1.80. The Labute approximate surface area is 134 Å². The second-order valence-electron chi connectivity index (χ2n) is 5.22. The van der Waals surface area contributed by atoms with Crippen molar-refractivity contribution in [3.8, 4) is 0 Å². The zero-order valence-corrected chi connectivity index (χ0v) is 13.0. The highest BCUT2D eigenvalue weighted by atomic mass is 19.1. The van der Waals surface area contributed by atoms with Crippen LogP contribution in [-0.2, 0) is 19.2 Å². The average Bonchev–Trinajstić information content (AvgIpc) is 2.55. The Bertz CT molecular complexity index is 580. The van der Waals surface area contributed by atoms with Crippen molar-refractivity contribution >= 4 is 11.9 Å². The van der Waals surface area contributed by atoms with Gasteiger partial charge in [0.15, 0.2) is 0 Å². The fourth-order valence-electron chi connectivity index (χ4n) is 2.55. The molecule has 1 aromatic carbocycles. The number of esters is 1. The molecule has 0 N–H and O–H groups in total. The van der Waals surface area contributed by atoms with Crippen LogP contribution in [0.2, 0.25) is 0 Å². The third kappa shape index (κ3) is 5.17. The number of piperidine rings is 1. The zero-order chi connectivity index (χ0) is 16.7. The molecule has 0 unspecified atom stereocenters. The number of ether oxygens (including phenoxy) is 1. The highest BCUT2D eigenvalue weighted by molar-refractivity contribution is 5.91. The number of nitrogens with zero attached hydrogens (tertiary/aromatic N) is 1. The summed E-state index contributed by atoms with van der Waals surface area (Å²) in [6.07, 6.45) is 3.49. The van der Waals surface area contributed by atoms with E-state index in [9.17, 15) is 14.0 Å². The summed E-state index contributed by atoms with van der Waals surface area (Å²) in [6, 6.07) is 6.75. The molecule has 124 valence electrons. The van der Waals surface area contributed by atoms with Crippen LogP contribution in [0.25, 0.3) is 0 Å². The summed E-state index contributed by atoms with van der Waals surface area (Å²) < 4.78 is 18.4. The van der Waals surface area contributed by atoms with Crippen LogP contribution < -0.4 is 0 Å². The van der Waals surface area contributed by atoms with Crippen LogP contribution in [0.15, 0.2) is 36.4 Å². The van der Waals surface area contributed by atoms with Crippen molar-refractivity contribution in [1.29, 1.82) is 0 Å². The van der Waals surface area contributed by atoms with E-state index in [0.29, 0.717) is 31.5 Å². The Morgan fingerprint density at radius 3 is 2.52 bits per heavy atom. The molecule has 5 nitrogen and oxygen atoms in total. The van der Waals surface area contributed by atoms with E-state index in [1.807, 2.05) is 6.07 Å². The summed E-state index contributed by atoms with van der Waals surface area (Å²) in [4.78, 5) is 27.9. The Morgan fingerprint density at radius 2 is 1.87 bits per heavy atom. The van der Waals surface area contributed by atoms with Crippen molar-refractivity contribution in [3.05, 3.63) is 47.8 Å². The molecule has 1 fully saturated rings. The molecule has 1 heterocycles. The topological polar surface area (TPSA) is 55.8 Å². The van der Waals surface area contributed by atoms with Crippen molar-refractivity contribution in [3.63, 3.8) is 0 Å². The summed E-state index contributed by atoms with van der Waals surface area (Å²) in [7, 11) is 0. The molecule has 0 saturated carbocycles. The number of hydrogen-bond acceptors (Lipinski definition) is 5. The zero-order valence-electron chi connectivity index (χ0n) is 13.0. The van der Waals surface area contributed by atoms with E-state index in [2.05, 4.69) is 4.74 Å². The Kier molecular flexibility index (Phi) is 6.29. The second kappa shape index (κ2) is 8.43. The van der Waals surface area contributed by atoms with Crippen molar-refractivity contribution in [2.24, 2.45) is 0 Å². The molecule has 0 bridgehead atoms. The number of rotatable bonds is 5. The van der Waals surface area contributed by atoms with Crippen LogP contribution >= 0.6 is 0 Å². The quantitative estimate of drug-likeness (QED) is 0.616. The van der Waals surface area contributed by atoms with Crippen molar-refractivity contribution in [1.82, 2.24) is 5.06 Å². The van der Waals surface area contributed by atoms with Crippen molar-refractivity contribution in [2.75, 3.05) is 19.7 Å².